The molecule has 9 heteroatoms. The Kier molecular flexibility index (Phi) is 9.19. The normalized spacial score (nSPS) is 12.1. The molecule has 2 aromatic carbocycles. The molecule has 2 aromatic rings. The molecule has 0 bridgehead atoms. The van der Waals surface area contributed by atoms with Crippen molar-refractivity contribution in [3.05, 3.63) is 66.0 Å². The summed E-state index contributed by atoms with van der Waals surface area (Å²) in [5.74, 6) is -1.31. The second-order valence-corrected chi connectivity index (χ2v) is 9.29. The van der Waals surface area contributed by atoms with Crippen LogP contribution in [0, 0.1) is 5.82 Å². The lowest BCUT2D eigenvalue weighted by molar-refractivity contribution is -0.139. The lowest BCUT2D eigenvalue weighted by atomic mass is 10.1. The van der Waals surface area contributed by atoms with Gasteiger partial charge in [-0.15, -0.1) is 0 Å². The van der Waals surface area contributed by atoms with Crippen LogP contribution in [0.1, 0.15) is 25.8 Å². The zero-order chi connectivity index (χ0) is 23.7. The molecule has 0 saturated heterocycles. The molecule has 0 spiro atoms. The molecule has 0 aliphatic carbocycles. The Morgan fingerprint density at radius 1 is 1.03 bits per heavy atom. The van der Waals surface area contributed by atoms with E-state index in [9.17, 15) is 22.4 Å². The van der Waals surface area contributed by atoms with Crippen LogP contribution in [0.4, 0.5) is 10.1 Å². The van der Waals surface area contributed by atoms with Gasteiger partial charge in [0.15, 0.2) is 0 Å². The number of carbonyl (C=O) groups is 2. The van der Waals surface area contributed by atoms with Gasteiger partial charge in [0.05, 0.1) is 11.9 Å². The van der Waals surface area contributed by atoms with Gasteiger partial charge in [0, 0.05) is 13.1 Å². The van der Waals surface area contributed by atoms with Gasteiger partial charge in [-0.3, -0.25) is 13.9 Å². The Hall–Kier alpha value is -2.94. The number of hydrogen-bond acceptors (Lipinski definition) is 4. The molecular weight excluding hydrogens is 433 g/mol. The van der Waals surface area contributed by atoms with Crippen molar-refractivity contribution in [2.75, 3.05) is 30.2 Å². The van der Waals surface area contributed by atoms with Gasteiger partial charge >= 0.3 is 0 Å². The van der Waals surface area contributed by atoms with Crippen molar-refractivity contribution in [2.45, 2.75) is 32.7 Å². The number of nitrogens with one attached hydrogen (secondary N) is 1. The van der Waals surface area contributed by atoms with Crippen LogP contribution in [-0.4, -0.2) is 57.1 Å². The fourth-order valence-corrected chi connectivity index (χ4v) is 4.26. The van der Waals surface area contributed by atoms with Gasteiger partial charge in [0.25, 0.3) is 0 Å². The molecule has 174 valence electrons. The van der Waals surface area contributed by atoms with E-state index in [0.29, 0.717) is 19.4 Å². The largest absolute Gasteiger partial charge is 0.355 e. The molecule has 2 rings (SSSR count). The number of rotatable bonds is 11. The van der Waals surface area contributed by atoms with E-state index in [1.54, 1.807) is 13.8 Å². The van der Waals surface area contributed by atoms with Crippen molar-refractivity contribution in [3.63, 3.8) is 0 Å². The van der Waals surface area contributed by atoms with Gasteiger partial charge < -0.3 is 10.2 Å². The minimum atomic E-state index is -3.83. The van der Waals surface area contributed by atoms with Gasteiger partial charge in [-0.05, 0) is 49.6 Å². The maximum atomic E-state index is 13.3. The second kappa shape index (κ2) is 11.6. The van der Waals surface area contributed by atoms with Crippen molar-refractivity contribution in [1.82, 2.24) is 10.2 Å². The molecule has 7 nitrogen and oxygen atoms in total. The molecular formula is C23H30FN3O4S. The molecule has 0 aliphatic rings. The van der Waals surface area contributed by atoms with Crippen molar-refractivity contribution in [1.29, 1.82) is 0 Å². The molecule has 0 aliphatic heterocycles. The topological polar surface area (TPSA) is 86.8 Å². The molecule has 0 radical (unpaired) electrons. The second-order valence-electron chi connectivity index (χ2n) is 7.39. The first kappa shape index (κ1) is 25.3. The van der Waals surface area contributed by atoms with Crippen molar-refractivity contribution >= 4 is 27.5 Å². The zero-order valence-corrected chi connectivity index (χ0v) is 19.4. The SMILES string of the molecule is CCNC(=O)[C@H](CC)N(CCc1ccccc1)C(=O)CN(c1ccc(F)cc1)S(C)(=O)=O. The smallest absolute Gasteiger partial charge is 0.244 e. The Morgan fingerprint density at radius 3 is 2.19 bits per heavy atom. The van der Waals surface area contributed by atoms with Crippen LogP contribution in [0.25, 0.3) is 0 Å². The van der Waals surface area contributed by atoms with E-state index in [0.717, 1.165) is 28.3 Å². The summed E-state index contributed by atoms with van der Waals surface area (Å²) in [5.41, 5.74) is 1.17. The van der Waals surface area contributed by atoms with E-state index in [-0.39, 0.29) is 18.1 Å². The average Bonchev–Trinajstić information content (AvgIpc) is 2.75. The molecule has 0 unspecified atom stereocenters. The highest BCUT2D eigenvalue weighted by atomic mass is 32.2. The molecule has 0 heterocycles. The molecule has 1 N–H and O–H groups in total. The minimum Gasteiger partial charge on any atom is -0.355 e. The van der Waals surface area contributed by atoms with E-state index in [4.69, 9.17) is 0 Å². The highest BCUT2D eigenvalue weighted by Crippen LogP contribution is 2.19. The van der Waals surface area contributed by atoms with Gasteiger partial charge in [0.1, 0.15) is 18.4 Å². The van der Waals surface area contributed by atoms with E-state index >= 15 is 0 Å². The first-order valence-electron chi connectivity index (χ1n) is 10.5. The maximum absolute atomic E-state index is 13.3. The van der Waals surface area contributed by atoms with Crippen LogP contribution in [0.15, 0.2) is 54.6 Å². The van der Waals surface area contributed by atoms with Crippen molar-refractivity contribution < 1.29 is 22.4 Å². The highest BCUT2D eigenvalue weighted by Gasteiger charge is 2.31. The van der Waals surface area contributed by atoms with Gasteiger partial charge in [0.2, 0.25) is 21.8 Å². The maximum Gasteiger partial charge on any atom is 0.244 e. The number of sulfonamides is 1. The van der Waals surface area contributed by atoms with Crippen LogP contribution in [0.5, 0.6) is 0 Å². The molecule has 0 saturated carbocycles. The molecule has 0 fully saturated rings. The summed E-state index contributed by atoms with van der Waals surface area (Å²) in [4.78, 5) is 27.4. The number of hydrogen-bond donors (Lipinski definition) is 1. The van der Waals surface area contributed by atoms with Crippen LogP contribution in [0.3, 0.4) is 0 Å². The van der Waals surface area contributed by atoms with Crippen LogP contribution >= 0.6 is 0 Å². The number of benzene rings is 2. The quantitative estimate of drug-likeness (QED) is 0.555. The van der Waals surface area contributed by atoms with Crippen LogP contribution < -0.4 is 9.62 Å². The molecule has 0 aromatic heterocycles. The fourth-order valence-electron chi connectivity index (χ4n) is 3.41. The summed E-state index contributed by atoms with van der Waals surface area (Å²) in [7, 11) is -3.83. The summed E-state index contributed by atoms with van der Waals surface area (Å²) in [6.07, 6.45) is 1.87. The lowest BCUT2D eigenvalue weighted by Crippen LogP contribution is -2.53. The summed E-state index contributed by atoms with van der Waals surface area (Å²) in [6, 6.07) is 13.7. The van der Waals surface area contributed by atoms with Crippen LogP contribution in [0.2, 0.25) is 0 Å². The van der Waals surface area contributed by atoms with Crippen molar-refractivity contribution in [3.8, 4) is 0 Å². The van der Waals surface area contributed by atoms with Gasteiger partial charge in [-0.25, -0.2) is 12.8 Å². The summed E-state index contributed by atoms with van der Waals surface area (Å²) in [5, 5.41) is 2.75. The number of carbonyl (C=O) groups excluding carboxylic acids is 2. The van der Waals surface area contributed by atoms with E-state index < -0.39 is 34.3 Å². The standard InChI is InChI=1S/C23H30FN3O4S/c1-4-21(23(29)25-5-2)26(16-15-18-9-7-6-8-10-18)22(28)17-27(32(3,30)31)20-13-11-19(24)12-14-20/h6-14,21H,4-5,15-17H2,1-3H3,(H,25,29)/t21-/m0/s1. The minimum absolute atomic E-state index is 0.177. The third kappa shape index (κ3) is 7.05. The number of halogens is 1. The molecule has 1 atom stereocenters. The Labute approximate surface area is 189 Å². The van der Waals surface area contributed by atoms with Gasteiger partial charge in [-0.1, -0.05) is 37.3 Å². The average molecular weight is 464 g/mol. The first-order valence-corrected chi connectivity index (χ1v) is 12.4. The third-order valence-corrected chi connectivity index (χ3v) is 6.16. The lowest BCUT2D eigenvalue weighted by Gasteiger charge is -2.32. The van der Waals surface area contributed by atoms with E-state index in [1.807, 2.05) is 30.3 Å². The summed E-state index contributed by atoms with van der Waals surface area (Å²) in [6.45, 7) is 3.77. The number of amides is 2. The number of nitrogens with zero attached hydrogens (tertiary/aromatic N) is 2. The zero-order valence-electron chi connectivity index (χ0n) is 18.6. The van der Waals surface area contributed by atoms with Gasteiger partial charge in [-0.2, -0.15) is 0 Å². The summed E-state index contributed by atoms with van der Waals surface area (Å²) >= 11 is 0. The van der Waals surface area contributed by atoms with E-state index in [2.05, 4.69) is 5.32 Å². The highest BCUT2D eigenvalue weighted by molar-refractivity contribution is 7.92. The first-order chi connectivity index (χ1) is 15.2. The third-order valence-electron chi connectivity index (χ3n) is 5.01. The monoisotopic (exact) mass is 463 g/mol. The fraction of sp³-hybridized carbons (Fsp3) is 0.391. The predicted octanol–water partition coefficient (Wildman–Crippen LogP) is 2.58. The Bertz CT molecular complexity index is 998. The molecule has 32 heavy (non-hydrogen) atoms. The van der Waals surface area contributed by atoms with Crippen LogP contribution in [-0.2, 0) is 26.0 Å². The Morgan fingerprint density at radius 2 is 1.66 bits per heavy atom. The summed E-state index contributed by atoms with van der Waals surface area (Å²) < 4.78 is 39.1. The molecule has 2 amide bonds. The number of likely N-dealkylation sites (N-methyl/N-ethyl adjacent to an activating group) is 1. The Balaban J connectivity index is 2.33. The van der Waals surface area contributed by atoms with E-state index in [1.165, 1.54) is 17.0 Å². The van der Waals surface area contributed by atoms with Crippen molar-refractivity contribution in [2.24, 2.45) is 0 Å². The number of anilines is 1. The predicted molar refractivity (Wildman–Crippen MR) is 123 cm³/mol.